The second-order valence-electron chi connectivity index (χ2n) is 5.84. The van der Waals surface area contributed by atoms with Crippen LogP contribution in [0.1, 0.15) is 0 Å². The molecule has 1 atom stereocenters. The van der Waals surface area contributed by atoms with Crippen LogP contribution in [-0.4, -0.2) is 14.1 Å². The Bertz CT molecular complexity index is 999. The topological polar surface area (TPSA) is 0 Å². The van der Waals surface area contributed by atoms with Crippen LogP contribution in [0.4, 0.5) is 0 Å². The maximum atomic E-state index is 2.59. The molecule has 0 nitrogen and oxygen atoms in total. The SMILES string of the molecule is C1=C2[SiH]=c3sccc3=C2SC1P(c1ccccc1)c1ccccc1. The molecule has 0 aliphatic carbocycles. The predicted molar refractivity (Wildman–Crippen MR) is 112 cm³/mol. The molecule has 0 radical (unpaired) electrons. The lowest BCUT2D eigenvalue weighted by atomic mass is 10.4. The van der Waals surface area contributed by atoms with Gasteiger partial charge in [0.15, 0.2) is 0 Å². The van der Waals surface area contributed by atoms with Gasteiger partial charge < -0.3 is 0 Å². The van der Waals surface area contributed by atoms with Crippen LogP contribution >= 0.6 is 31.0 Å². The van der Waals surface area contributed by atoms with Crippen molar-refractivity contribution in [3.8, 4) is 0 Å². The number of thiophene rings is 1. The van der Waals surface area contributed by atoms with Crippen molar-refractivity contribution in [3.05, 3.63) is 92.7 Å². The first-order valence-electron chi connectivity index (χ1n) is 7.98. The molecule has 2 aliphatic rings. The minimum atomic E-state index is -0.369. The van der Waals surface area contributed by atoms with E-state index in [1.165, 1.54) is 15.8 Å². The van der Waals surface area contributed by atoms with Crippen molar-refractivity contribution in [2.75, 3.05) is 0 Å². The lowest BCUT2D eigenvalue weighted by Crippen LogP contribution is -2.17. The van der Waals surface area contributed by atoms with Crippen molar-refractivity contribution >= 4 is 55.7 Å². The molecule has 3 aromatic rings. The number of hydrogen-bond donors (Lipinski definition) is 0. The molecule has 1 aromatic heterocycles. The van der Waals surface area contributed by atoms with Gasteiger partial charge in [0.05, 0.1) is 14.1 Å². The number of thioether (sulfide) groups is 1. The molecule has 0 amide bonds. The first-order chi connectivity index (χ1) is 11.9. The number of rotatable bonds is 3. The third-order valence-electron chi connectivity index (χ3n) is 4.37. The minimum Gasteiger partial charge on any atom is -0.149 e. The Balaban J connectivity index is 1.61. The fraction of sp³-hybridized carbons (Fsp3) is 0.0500. The van der Waals surface area contributed by atoms with E-state index >= 15 is 0 Å². The highest BCUT2D eigenvalue weighted by Gasteiger charge is 2.31. The molecule has 0 fully saturated rings. The van der Waals surface area contributed by atoms with Crippen LogP contribution in [0.2, 0.25) is 0 Å². The summed E-state index contributed by atoms with van der Waals surface area (Å²) in [6, 6.07) is 24.5. The lowest BCUT2D eigenvalue weighted by molar-refractivity contribution is 1.63. The van der Waals surface area contributed by atoms with Gasteiger partial charge in [0.2, 0.25) is 0 Å². The van der Waals surface area contributed by atoms with Crippen LogP contribution in [0, 0.1) is 4.13 Å². The third-order valence-corrected chi connectivity index (χ3v) is 11.8. The van der Waals surface area contributed by atoms with Gasteiger partial charge in [0, 0.05) is 14.3 Å². The van der Waals surface area contributed by atoms with Gasteiger partial charge in [-0.3, -0.25) is 0 Å². The number of hydrogen-bond acceptors (Lipinski definition) is 2. The summed E-state index contributed by atoms with van der Waals surface area (Å²) in [6.07, 6.45) is 2.59. The Morgan fingerprint density at radius 2 is 1.50 bits per heavy atom. The minimum absolute atomic E-state index is 0.318. The van der Waals surface area contributed by atoms with Crippen molar-refractivity contribution < 1.29 is 0 Å². The largest absolute Gasteiger partial charge is 0.149 e. The Morgan fingerprint density at radius 1 is 0.833 bits per heavy atom. The fourth-order valence-corrected chi connectivity index (χ4v) is 11.6. The second kappa shape index (κ2) is 6.23. The van der Waals surface area contributed by atoms with Crippen molar-refractivity contribution in [1.29, 1.82) is 0 Å². The zero-order valence-electron chi connectivity index (χ0n) is 12.9. The molecule has 0 saturated carbocycles. The van der Waals surface area contributed by atoms with Crippen LogP contribution in [-0.2, 0) is 0 Å². The van der Waals surface area contributed by atoms with E-state index in [0.29, 0.717) is 14.1 Å². The summed E-state index contributed by atoms with van der Waals surface area (Å²) in [6.45, 7) is 0. The highest BCUT2D eigenvalue weighted by atomic mass is 32.2. The average molecular weight is 379 g/mol. The van der Waals surface area contributed by atoms with E-state index in [0.717, 1.165) is 0 Å². The predicted octanol–water partition coefficient (Wildman–Crippen LogP) is 3.65. The Labute approximate surface area is 153 Å². The molecule has 5 rings (SSSR count). The van der Waals surface area contributed by atoms with E-state index < -0.39 is 0 Å². The van der Waals surface area contributed by atoms with Crippen molar-refractivity contribution in [2.24, 2.45) is 0 Å². The summed E-state index contributed by atoms with van der Waals surface area (Å²) < 4.78 is 1.63. The molecule has 2 aromatic carbocycles. The molecule has 0 N–H and O–H groups in total. The van der Waals surface area contributed by atoms with Crippen LogP contribution < -0.4 is 15.8 Å². The molecule has 2 aliphatic heterocycles. The molecule has 0 spiro atoms. The molecule has 3 heterocycles. The van der Waals surface area contributed by atoms with E-state index in [9.17, 15) is 0 Å². The van der Waals surface area contributed by atoms with Gasteiger partial charge in [-0.15, -0.1) is 23.1 Å². The van der Waals surface area contributed by atoms with E-state index in [-0.39, 0.29) is 7.92 Å². The Kier molecular flexibility index (Phi) is 3.91. The van der Waals surface area contributed by atoms with Crippen LogP contribution in [0.15, 0.2) is 83.4 Å². The van der Waals surface area contributed by atoms with Gasteiger partial charge in [-0.2, -0.15) is 0 Å². The van der Waals surface area contributed by atoms with Gasteiger partial charge in [0.1, 0.15) is 0 Å². The van der Waals surface area contributed by atoms with Crippen LogP contribution in [0.25, 0.3) is 4.91 Å². The first kappa shape index (κ1) is 15.0. The molecular formula is C20H15PS2Si. The first-order valence-corrected chi connectivity index (χ1v) is 12.3. The van der Waals surface area contributed by atoms with E-state index in [1.54, 1.807) is 14.2 Å². The smallest absolute Gasteiger partial charge is 0.0561 e. The Morgan fingerprint density at radius 3 is 2.17 bits per heavy atom. The van der Waals surface area contributed by atoms with E-state index in [2.05, 4.69) is 89.9 Å². The monoisotopic (exact) mass is 378 g/mol. The molecule has 0 bridgehead atoms. The lowest BCUT2D eigenvalue weighted by Gasteiger charge is -2.23. The third kappa shape index (κ3) is 2.51. The summed E-state index contributed by atoms with van der Waals surface area (Å²) in [5.41, 5.74) is 0. The van der Waals surface area contributed by atoms with Gasteiger partial charge in [-0.25, -0.2) is 0 Å². The quantitative estimate of drug-likeness (QED) is 0.495. The maximum Gasteiger partial charge on any atom is 0.0561 e. The molecule has 4 heteroatoms. The summed E-state index contributed by atoms with van der Waals surface area (Å²) in [5.74, 6) is 0. The van der Waals surface area contributed by atoms with Gasteiger partial charge in [-0.1, -0.05) is 66.7 Å². The number of benzene rings is 2. The van der Waals surface area contributed by atoms with Gasteiger partial charge in [-0.05, 0) is 35.2 Å². The summed E-state index contributed by atoms with van der Waals surface area (Å²) >= 11 is 4.05. The molecule has 116 valence electrons. The average Bonchev–Trinajstić information content (AvgIpc) is 3.30. The fourth-order valence-electron chi connectivity index (χ4n) is 3.29. The van der Waals surface area contributed by atoms with Crippen molar-refractivity contribution in [2.45, 2.75) is 4.99 Å². The number of fused-ring (bicyclic) bond motifs is 2. The molecular weight excluding hydrogens is 363 g/mol. The van der Waals surface area contributed by atoms with Gasteiger partial charge >= 0.3 is 0 Å². The highest BCUT2D eigenvalue weighted by molar-refractivity contribution is 8.15. The maximum absolute atomic E-state index is 2.59. The standard InChI is InChI=1S/C20H15PS2Si/c1-3-7-14(8-4-1)21(15-9-5-2-6-10-15)18-13-17-19(23-18)16-11-12-22-20(16)24-17/h1-13,18,24H. The van der Waals surface area contributed by atoms with Gasteiger partial charge in [0.25, 0.3) is 0 Å². The second-order valence-corrected chi connectivity index (χ2v) is 12.5. The summed E-state index contributed by atoms with van der Waals surface area (Å²) in [5, 5.41) is 8.39. The van der Waals surface area contributed by atoms with E-state index in [1.807, 2.05) is 11.3 Å². The molecule has 1 unspecified atom stereocenters. The van der Waals surface area contributed by atoms with E-state index in [4.69, 9.17) is 0 Å². The zero-order valence-corrected chi connectivity index (χ0v) is 16.6. The van der Waals surface area contributed by atoms with Crippen LogP contribution in [0.5, 0.6) is 0 Å². The van der Waals surface area contributed by atoms with Crippen LogP contribution in [0.3, 0.4) is 0 Å². The summed E-state index contributed by atoms with van der Waals surface area (Å²) in [4.78, 5) is 2.14. The highest BCUT2D eigenvalue weighted by Crippen LogP contribution is 2.54. The van der Waals surface area contributed by atoms with Crippen molar-refractivity contribution in [3.63, 3.8) is 0 Å². The molecule has 0 saturated heterocycles. The Hall–Kier alpha value is -1.25. The zero-order chi connectivity index (χ0) is 15.9. The normalized spacial score (nSPS) is 18.3. The van der Waals surface area contributed by atoms with Crippen molar-refractivity contribution in [1.82, 2.24) is 0 Å². The summed E-state index contributed by atoms with van der Waals surface area (Å²) in [7, 11) is -0.0515. The molecule has 24 heavy (non-hydrogen) atoms.